The topological polar surface area (TPSA) is 48.4 Å². The molecule has 0 atom stereocenters. The smallest absolute Gasteiger partial charge is 0.308 e. The van der Waals surface area contributed by atoms with E-state index in [4.69, 9.17) is 10.2 Å². The summed E-state index contributed by atoms with van der Waals surface area (Å²) in [5.74, 6) is 0.269. The lowest BCUT2D eigenvalue weighted by atomic mass is 10.5. The average Bonchev–Trinajstić information content (AvgIpc) is 2.14. The highest BCUT2D eigenvalue weighted by atomic mass is 16.6. The van der Waals surface area contributed by atoms with Gasteiger partial charge in [0.05, 0.1) is 6.26 Å². The molecule has 1 rings (SSSR count). The number of rotatable bonds is 1. The molecular formula is C5H6NO2. The quantitative estimate of drug-likeness (QED) is 0.590. The zero-order chi connectivity index (χ0) is 5.98. The predicted molar refractivity (Wildman–Crippen MR) is 29.1 cm³/mol. The van der Waals surface area contributed by atoms with E-state index in [0.29, 0.717) is 5.69 Å². The van der Waals surface area contributed by atoms with E-state index in [1.54, 1.807) is 6.07 Å². The summed E-state index contributed by atoms with van der Waals surface area (Å²) < 4.78 is 9.15. The average molecular weight is 112 g/mol. The Balaban J connectivity index is 2.92. The van der Waals surface area contributed by atoms with Crippen molar-refractivity contribution in [2.75, 3.05) is 5.73 Å². The standard InChI is InChI=1S/C5H6NO2/c1-7-5-4(6)2-3-8-5/h2-3H,1,6H2. The molecular weight excluding hydrogens is 106 g/mol. The van der Waals surface area contributed by atoms with Crippen LogP contribution < -0.4 is 10.5 Å². The van der Waals surface area contributed by atoms with Crippen LogP contribution in [0.15, 0.2) is 16.7 Å². The van der Waals surface area contributed by atoms with Crippen LogP contribution in [0.4, 0.5) is 5.69 Å². The molecule has 0 saturated carbocycles. The van der Waals surface area contributed by atoms with Crippen molar-refractivity contribution in [2.24, 2.45) is 0 Å². The maximum absolute atomic E-state index is 5.29. The van der Waals surface area contributed by atoms with Crippen LogP contribution in [0.2, 0.25) is 0 Å². The van der Waals surface area contributed by atoms with Crippen molar-refractivity contribution < 1.29 is 9.15 Å². The van der Waals surface area contributed by atoms with Gasteiger partial charge in [0.1, 0.15) is 12.8 Å². The Morgan fingerprint density at radius 2 is 2.50 bits per heavy atom. The molecule has 0 saturated heterocycles. The third kappa shape index (κ3) is 0.621. The van der Waals surface area contributed by atoms with Crippen LogP contribution in [-0.2, 0) is 0 Å². The molecule has 1 heterocycles. The van der Waals surface area contributed by atoms with Crippen molar-refractivity contribution in [1.29, 1.82) is 0 Å². The first-order valence-corrected chi connectivity index (χ1v) is 2.09. The van der Waals surface area contributed by atoms with E-state index in [9.17, 15) is 0 Å². The molecule has 0 unspecified atom stereocenters. The van der Waals surface area contributed by atoms with Crippen LogP contribution in [-0.4, -0.2) is 0 Å². The van der Waals surface area contributed by atoms with Gasteiger partial charge in [-0.25, -0.2) is 0 Å². The van der Waals surface area contributed by atoms with E-state index in [-0.39, 0.29) is 5.95 Å². The van der Waals surface area contributed by atoms with Gasteiger partial charge in [0, 0.05) is 6.07 Å². The lowest BCUT2D eigenvalue weighted by Gasteiger charge is -1.90. The van der Waals surface area contributed by atoms with E-state index in [2.05, 4.69) is 11.8 Å². The highest BCUT2D eigenvalue weighted by molar-refractivity contribution is 5.45. The molecule has 3 nitrogen and oxygen atoms in total. The Hall–Kier alpha value is -1.12. The van der Waals surface area contributed by atoms with Gasteiger partial charge in [-0.3, -0.25) is 0 Å². The lowest BCUT2D eigenvalue weighted by Crippen LogP contribution is -1.83. The van der Waals surface area contributed by atoms with E-state index < -0.39 is 0 Å². The minimum atomic E-state index is 0.269. The molecule has 0 spiro atoms. The zero-order valence-corrected chi connectivity index (χ0v) is 4.26. The number of anilines is 1. The maximum Gasteiger partial charge on any atom is 0.308 e. The summed E-state index contributed by atoms with van der Waals surface area (Å²) >= 11 is 0. The summed E-state index contributed by atoms with van der Waals surface area (Å²) in [4.78, 5) is 0. The number of nitrogens with two attached hydrogens (primary N) is 1. The van der Waals surface area contributed by atoms with Crippen LogP contribution in [0.1, 0.15) is 0 Å². The van der Waals surface area contributed by atoms with Crippen molar-refractivity contribution in [3.05, 3.63) is 19.4 Å². The van der Waals surface area contributed by atoms with Gasteiger partial charge in [0.15, 0.2) is 0 Å². The monoisotopic (exact) mass is 112 g/mol. The summed E-state index contributed by atoms with van der Waals surface area (Å²) in [6.45, 7) is 0. The molecule has 0 aliphatic heterocycles. The lowest BCUT2D eigenvalue weighted by molar-refractivity contribution is 0.342. The second kappa shape index (κ2) is 1.78. The van der Waals surface area contributed by atoms with Crippen molar-refractivity contribution in [3.63, 3.8) is 0 Å². The minimum Gasteiger partial charge on any atom is -0.460 e. The predicted octanol–water partition coefficient (Wildman–Crippen LogP) is 1.03. The highest BCUT2D eigenvalue weighted by Gasteiger charge is 1.97. The first-order valence-electron chi connectivity index (χ1n) is 2.09. The Morgan fingerprint density at radius 1 is 1.75 bits per heavy atom. The van der Waals surface area contributed by atoms with Gasteiger partial charge >= 0.3 is 5.95 Å². The van der Waals surface area contributed by atoms with Gasteiger partial charge in [-0.05, 0) is 0 Å². The molecule has 0 aromatic carbocycles. The van der Waals surface area contributed by atoms with Crippen LogP contribution in [0.3, 0.4) is 0 Å². The largest absolute Gasteiger partial charge is 0.460 e. The molecule has 1 aromatic rings. The fraction of sp³-hybridized carbons (Fsp3) is 0. The molecule has 0 amide bonds. The Bertz CT molecular complexity index is 171. The van der Waals surface area contributed by atoms with Crippen LogP contribution in [0.25, 0.3) is 0 Å². The molecule has 0 bridgehead atoms. The zero-order valence-electron chi connectivity index (χ0n) is 4.26. The SMILES string of the molecule is [CH2]Oc1occc1N. The van der Waals surface area contributed by atoms with Gasteiger partial charge in [-0.2, -0.15) is 0 Å². The number of nitrogen functional groups attached to an aromatic ring is 1. The molecule has 0 aliphatic carbocycles. The van der Waals surface area contributed by atoms with Crippen LogP contribution in [0.5, 0.6) is 5.95 Å². The Morgan fingerprint density at radius 3 is 2.75 bits per heavy atom. The maximum atomic E-state index is 5.29. The second-order valence-electron chi connectivity index (χ2n) is 1.31. The summed E-state index contributed by atoms with van der Waals surface area (Å²) in [5, 5.41) is 0. The van der Waals surface area contributed by atoms with Crippen LogP contribution >= 0.6 is 0 Å². The van der Waals surface area contributed by atoms with Crippen molar-refractivity contribution in [3.8, 4) is 5.95 Å². The van der Waals surface area contributed by atoms with Gasteiger partial charge in [-0.1, -0.05) is 0 Å². The normalized spacial score (nSPS) is 9.12. The number of furan rings is 1. The number of ether oxygens (including phenoxy) is 1. The molecule has 0 fully saturated rings. The first-order chi connectivity index (χ1) is 3.84. The Labute approximate surface area is 47.0 Å². The third-order valence-corrected chi connectivity index (χ3v) is 0.789. The Kier molecular flexibility index (Phi) is 1.12. The first kappa shape index (κ1) is 5.03. The van der Waals surface area contributed by atoms with Crippen molar-refractivity contribution >= 4 is 5.69 Å². The number of hydrogen-bond acceptors (Lipinski definition) is 3. The van der Waals surface area contributed by atoms with Gasteiger partial charge in [-0.15, -0.1) is 0 Å². The van der Waals surface area contributed by atoms with E-state index in [0.717, 1.165) is 0 Å². The van der Waals surface area contributed by atoms with Gasteiger partial charge in [0.25, 0.3) is 0 Å². The molecule has 2 N–H and O–H groups in total. The number of hydrogen-bond donors (Lipinski definition) is 1. The molecule has 3 heteroatoms. The van der Waals surface area contributed by atoms with E-state index in [1.165, 1.54) is 6.26 Å². The van der Waals surface area contributed by atoms with Crippen molar-refractivity contribution in [2.45, 2.75) is 0 Å². The summed E-state index contributed by atoms with van der Waals surface area (Å²) in [6, 6.07) is 1.60. The fourth-order valence-electron chi connectivity index (χ4n) is 0.423. The molecule has 1 aromatic heterocycles. The van der Waals surface area contributed by atoms with E-state index >= 15 is 0 Å². The van der Waals surface area contributed by atoms with Crippen LogP contribution in [0, 0.1) is 7.11 Å². The molecule has 43 valence electrons. The fourth-order valence-corrected chi connectivity index (χ4v) is 0.423. The highest BCUT2D eigenvalue weighted by Crippen LogP contribution is 2.20. The minimum absolute atomic E-state index is 0.269. The molecule has 0 aliphatic rings. The van der Waals surface area contributed by atoms with E-state index in [1.807, 2.05) is 0 Å². The van der Waals surface area contributed by atoms with Gasteiger partial charge < -0.3 is 14.9 Å². The van der Waals surface area contributed by atoms with Gasteiger partial charge in [0.2, 0.25) is 0 Å². The summed E-state index contributed by atoms with van der Waals surface area (Å²) in [5.41, 5.74) is 5.76. The summed E-state index contributed by atoms with van der Waals surface area (Å²) in [6.07, 6.45) is 1.44. The summed E-state index contributed by atoms with van der Waals surface area (Å²) in [7, 11) is 3.12. The molecule has 1 radical (unpaired) electrons. The molecule has 8 heavy (non-hydrogen) atoms. The second-order valence-corrected chi connectivity index (χ2v) is 1.31. The van der Waals surface area contributed by atoms with Crippen molar-refractivity contribution in [1.82, 2.24) is 0 Å². The third-order valence-electron chi connectivity index (χ3n) is 0.789.